The van der Waals surface area contributed by atoms with Gasteiger partial charge in [0.15, 0.2) is 0 Å². The van der Waals surface area contributed by atoms with Crippen LogP contribution in [0.25, 0.3) is 21.2 Å². The Kier molecular flexibility index (Phi) is 3.41. The first kappa shape index (κ1) is 14.6. The Bertz CT molecular complexity index is 848. The van der Waals surface area contributed by atoms with Crippen molar-refractivity contribution < 1.29 is 23.1 Å². The molecule has 0 amide bonds. The van der Waals surface area contributed by atoms with Gasteiger partial charge in [0.25, 0.3) is 0 Å². The summed E-state index contributed by atoms with van der Waals surface area (Å²) >= 11 is 1.14. The fraction of sp³-hybridized carbons (Fsp3) is 0.0625. The average Bonchev–Trinajstić information content (AvgIpc) is 2.89. The third-order valence-corrected chi connectivity index (χ3v) is 4.36. The third-order valence-electron chi connectivity index (χ3n) is 3.28. The zero-order valence-corrected chi connectivity index (χ0v) is 11.8. The molecule has 2 aromatic carbocycles. The molecule has 2 nitrogen and oxygen atoms in total. The van der Waals surface area contributed by atoms with E-state index in [1.165, 1.54) is 12.1 Å². The molecule has 6 heteroatoms. The first-order chi connectivity index (χ1) is 10.3. The van der Waals surface area contributed by atoms with Gasteiger partial charge in [-0.25, -0.2) is 4.79 Å². The van der Waals surface area contributed by atoms with E-state index in [1.54, 1.807) is 24.3 Å². The van der Waals surface area contributed by atoms with Crippen molar-refractivity contribution >= 4 is 27.4 Å². The summed E-state index contributed by atoms with van der Waals surface area (Å²) in [6.45, 7) is 0. The molecular formula is C16H9F3O2S. The maximum atomic E-state index is 12.6. The maximum Gasteiger partial charge on any atom is 0.416 e. The molecule has 22 heavy (non-hydrogen) atoms. The molecule has 0 unspecified atom stereocenters. The molecule has 1 N–H and O–H groups in total. The lowest BCUT2D eigenvalue weighted by Crippen LogP contribution is -2.03. The van der Waals surface area contributed by atoms with Crippen LogP contribution in [0.1, 0.15) is 15.2 Å². The quantitative estimate of drug-likeness (QED) is 0.696. The minimum absolute atomic E-state index is 0.236. The number of hydrogen-bond acceptors (Lipinski definition) is 2. The zero-order valence-electron chi connectivity index (χ0n) is 11.0. The van der Waals surface area contributed by atoms with Gasteiger partial charge in [-0.3, -0.25) is 0 Å². The third kappa shape index (κ3) is 2.69. The Hall–Kier alpha value is -2.34. The molecular weight excluding hydrogens is 313 g/mol. The molecule has 0 fully saturated rings. The smallest absolute Gasteiger partial charge is 0.416 e. The van der Waals surface area contributed by atoms with Gasteiger partial charge in [-0.15, -0.1) is 11.3 Å². The molecule has 0 spiro atoms. The summed E-state index contributed by atoms with van der Waals surface area (Å²) < 4.78 is 38.5. The summed E-state index contributed by atoms with van der Waals surface area (Å²) in [5, 5.41) is 9.79. The lowest BCUT2D eigenvalue weighted by Gasteiger charge is -2.07. The van der Waals surface area contributed by atoms with Crippen molar-refractivity contribution in [1.82, 2.24) is 0 Å². The van der Waals surface area contributed by atoms with Crippen molar-refractivity contribution in [3.63, 3.8) is 0 Å². The standard InChI is InChI=1S/C16H9F3O2S/c17-16(18,19)12-5-3-9(4-6-12)10-1-2-11-8-14(15(20)21)22-13(11)7-10/h1-8H,(H,20,21). The monoisotopic (exact) mass is 322 g/mol. The second-order valence-corrected chi connectivity index (χ2v) is 5.83. The molecule has 0 atom stereocenters. The summed E-state index contributed by atoms with van der Waals surface area (Å²) in [5.74, 6) is -0.989. The van der Waals surface area contributed by atoms with E-state index >= 15 is 0 Å². The second kappa shape index (κ2) is 5.14. The number of benzene rings is 2. The van der Waals surface area contributed by atoms with Gasteiger partial charge in [-0.2, -0.15) is 13.2 Å². The minimum atomic E-state index is -4.35. The van der Waals surface area contributed by atoms with E-state index in [-0.39, 0.29) is 4.88 Å². The number of rotatable bonds is 2. The summed E-state index contributed by atoms with van der Waals surface area (Å²) in [5.41, 5.74) is 0.710. The van der Waals surface area contributed by atoms with Crippen molar-refractivity contribution in [1.29, 1.82) is 0 Å². The molecule has 3 aromatic rings. The van der Waals surface area contributed by atoms with E-state index in [4.69, 9.17) is 5.11 Å². The number of aromatic carboxylic acids is 1. The Balaban J connectivity index is 2.01. The van der Waals surface area contributed by atoms with Crippen LogP contribution in [0.2, 0.25) is 0 Å². The van der Waals surface area contributed by atoms with Gasteiger partial charge in [0.05, 0.1) is 5.56 Å². The number of hydrogen-bond donors (Lipinski definition) is 1. The Morgan fingerprint density at radius 3 is 2.18 bits per heavy atom. The van der Waals surface area contributed by atoms with Crippen LogP contribution >= 0.6 is 11.3 Å². The highest BCUT2D eigenvalue weighted by Crippen LogP contribution is 2.33. The number of halogens is 3. The van der Waals surface area contributed by atoms with E-state index in [0.717, 1.165) is 39.1 Å². The fourth-order valence-corrected chi connectivity index (χ4v) is 3.11. The second-order valence-electron chi connectivity index (χ2n) is 4.74. The van der Waals surface area contributed by atoms with Crippen molar-refractivity contribution in [3.05, 3.63) is 59.0 Å². The van der Waals surface area contributed by atoms with Crippen LogP contribution in [0.4, 0.5) is 13.2 Å². The molecule has 1 heterocycles. The van der Waals surface area contributed by atoms with Gasteiger partial charge in [-0.05, 0) is 40.8 Å². The normalized spacial score (nSPS) is 11.8. The summed E-state index contributed by atoms with van der Waals surface area (Å²) in [7, 11) is 0. The summed E-state index contributed by atoms with van der Waals surface area (Å²) in [6.07, 6.45) is -4.35. The Morgan fingerprint density at radius 2 is 1.59 bits per heavy atom. The first-order valence-corrected chi connectivity index (χ1v) is 7.11. The van der Waals surface area contributed by atoms with Gasteiger partial charge in [0, 0.05) is 4.70 Å². The van der Waals surface area contributed by atoms with Gasteiger partial charge >= 0.3 is 12.1 Å². The van der Waals surface area contributed by atoms with Crippen LogP contribution in [0, 0.1) is 0 Å². The predicted octanol–water partition coefficient (Wildman–Crippen LogP) is 5.29. The van der Waals surface area contributed by atoms with Crippen LogP contribution in [0.5, 0.6) is 0 Å². The fourth-order valence-electron chi connectivity index (χ4n) is 2.17. The number of carboxylic acid groups (broad SMARTS) is 1. The highest BCUT2D eigenvalue weighted by atomic mass is 32.1. The van der Waals surface area contributed by atoms with E-state index in [2.05, 4.69) is 0 Å². The molecule has 0 saturated heterocycles. The maximum absolute atomic E-state index is 12.6. The van der Waals surface area contributed by atoms with Crippen molar-refractivity contribution in [2.75, 3.05) is 0 Å². The van der Waals surface area contributed by atoms with Gasteiger partial charge < -0.3 is 5.11 Å². The van der Waals surface area contributed by atoms with Crippen LogP contribution in [0.3, 0.4) is 0 Å². The average molecular weight is 322 g/mol. The first-order valence-electron chi connectivity index (χ1n) is 6.29. The van der Waals surface area contributed by atoms with Crippen molar-refractivity contribution in [2.24, 2.45) is 0 Å². The Labute approximate surface area is 127 Å². The number of fused-ring (bicyclic) bond motifs is 1. The van der Waals surface area contributed by atoms with E-state index in [1.807, 2.05) is 0 Å². The molecule has 0 bridgehead atoms. The topological polar surface area (TPSA) is 37.3 Å². The number of carbonyl (C=O) groups is 1. The van der Waals surface area contributed by atoms with Crippen LogP contribution in [-0.2, 0) is 6.18 Å². The molecule has 0 aliphatic rings. The number of carboxylic acids is 1. The highest BCUT2D eigenvalue weighted by Gasteiger charge is 2.29. The molecule has 0 saturated carbocycles. The molecule has 0 radical (unpaired) electrons. The lowest BCUT2D eigenvalue weighted by atomic mass is 10.0. The zero-order chi connectivity index (χ0) is 15.9. The molecule has 1 aromatic heterocycles. The van der Waals surface area contributed by atoms with Gasteiger partial charge in [-0.1, -0.05) is 24.3 Å². The number of thiophene rings is 1. The van der Waals surface area contributed by atoms with Crippen LogP contribution in [-0.4, -0.2) is 11.1 Å². The van der Waals surface area contributed by atoms with E-state index < -0.39 is 17.7 Å². The predicted molar refractivity (Wildman–Crippen MR) is 79.2 cm³/mol. The molecule has 3 rings (SSSR count). The van der Waals surface area contributed by atoms with Crippen molar-refractivity contribution in [3.8, 4) is 11.1 Å². The van der Waals surface area contributed by atoms with Gasteiger partial charge in [0.1, 0.15) is 4.88 Å². The van der Waals surface area contributed by atoms with E-state index in [0.29, 0.717) is 5.56 Å². The van der Waals surface area contributed by atoms with Crippen LogP contribution in [0.15, 0.2) is 48.5 Å². The van der Waals surface area contributed by atoms with E-state index in [9.17, 15) is 18.0 Å². The van der Waals surface area contributed by atoms with Gasteiger partial charge in [0.2, 0.25) is 0 Å². The number of alkyl halides is 3. The molecule has 0 aliphatic heterocycles. The summed E-state index contributed by atoms with van der Waals surface area (Å²) in [6, 6.07) is 11.8. The molecule has 0 aliphatic carbocycles. The lowest BCUT2D eigenvalue weighted by molar-refractivity contribution is -0.137. The SMILES string of the molecule is O=C(O)c1cc2ccc(-c3ccc(C(F)(F)F)cc3)cc2s1. The van der Waals surface area contributed by atoms with Crippen molar-refractivity contribution in [2.45, 2.75) is 6.18 Å². The van der Waals surface area contributed by atoms with Crippen LogP contribution < -0.4 is 0 Å². The molecule has 112 valence electrons. The Morgan fingerprint density at radius 1 is 0.955 bits per heavy atom. The summed E-state index contributed by atoms with van der Waals surface area (Å²) in [4.78, 5) is 11.2. The minimum Gasteiger partial charge on any atom is -0.477 e. The highest BCUT2D eigenvalue weighted by molar-refractivity contribution is 7.20. The largest absolute Gasteiger partial charge is 0.477 e.